The Labute approximate surface area is 280 Å². The quantitative estimate of drug-likeness (QED) is 0.241. The van der Waals surface area contributed by atoms with E-state index in [-0.39, 0.29) is 35.8 Å². The summed E-state index contributed by atoms with van der Waals surface area (Å²) in [5.74, 6) is 0.429. The van der Waals surface area contributed by atoms with E-state index >= 15 is 0 Å². The number of anilines is 1. The highest BCUT2D eigenvalue weighted by Crippen LogP contribution is 2.38. The molecule has 0 spiro atoms. The van der Waals surface area contributed by atoms with Gasteiger partial charge in [0.1, 0.15) is 23.5 Å². The first-order chi connectivity index (χ1) is 22.0. The molecule has 11 nitrogen and oxygen atoms in total. The van der Waals surface area contributed by atoms with Gasteiger partial charge in [-0.05, 0) is 77.1 Å². The van der Waals surface area contributed by atoms with Crippen molar-refractivity contribution in [2.45, 2.75) is 98.8 Å². The number of pyridine rings is 1. The molecule has 1 aromatic carbocycles. The standard InChI is InChI=1S/C35H44ClN7O4/c1-18(2)27-30(28(19(3)4)38-17-37-27)43-32-25(14-26(36)29(39-32)24-13-23(44)12-11-20(24)5)31(40-33(43)45)41-15-22(7)42(16-21(41)6)34(46)47-35(8,9)10/h11-14,17-19,21-22,44H,15-16H2,1-10H3/t21-,22+/m0/s1. The van der Waals surface area contributed by atoms with Crippen LogP contribution in [0.5, 0.6) is 5.75 Å². The molecule has 5 rings (SSSR count). The number of fused-ring (bicyclic) bond motifs is 1. The Balaban J connectivity index is 1.79. The minimum atomic E-state index is -0.627. The highest BCUT2D eigenvalue weighted by molar-refractivity contribution is 6.34. The predicted molar refractivity (Wildman–Crippen MR) is 185 cm³/mol. The third-order valence-electron chi connectivity index (χ3n) is 8.36. The molecule has 4 aromatic rings. The van der Waals surface area contributed by atoms with Crippen molar-refractivity contribution in [1.29, 1.82) is 0 Å². The number of phenols is 1. The number of nitrogens with zero attached hydrogens (tertiary/aromatic N) is 7. The molecule has 1 N–H and O–H groups in total. The van der Waals surface area contributed by atoms with Crippen LogP contribution in [0.1, 0.15) is 91.1 Å². The average Bonchev–Trinajstić information content (AvgIpc) is 2.97. The van der Waals surface area contributed by atoms with E-state index in [0.29, 0.717) is 63.3 Å². The van der Waals surface area contributed by atoms with Gasteiger partial charge in [-0.15, -0.1) is 0 Å². The van der Waals surface area contributed by atoms with Crippen LogP contribution in [0.15, 0.2) is 35.4 Å². The van der Waals surface area contributed by atoms with E-state index in [4.69, 9.17) is 26.3 Å². The van der Waals surface area contributed by atoms with Crippen LogP contribution in [0.3, 0.4) is 0 Å². The van der Waals surface area contributed by atoms with Crippen LogP contribution in [0.4, 0.5) is 10.6 Å². The minimum absolute atomic E-state index is 0.0333. The van der Waals surface area contributed by atoms with E-state index in [9.17, 15) is 14.7 Å². The molecule has 12 heteroatoms. The second kappa shape index (κ2) is 12.7. The lowest BCUT2D eigenvalue weighted by atomic mass is 10.0. The van der Waals surface area contributed by atoms with E-state index in [1.807, 2.05) is 74.1 Å². The Morgan fingerprint density at radius 3 is 2.23 bits per heavy atom. The van der Waals surface area contributed by atoms with Gasteiger partial charge < -0.3 is 19.6 Å². The normalized spacial score (nSPS) is 17.2. The summed E-state index contributed by atoms with van der Waals surface area (Å²) >= 11 is 6.99. The van der Waals surface area contributed by atoms with Gasteiger partial charge in [0.25, 0.3) is 0 Å². The third kappa shape index (κ3) is 6.63. The number of carbonyl (C=O) groups is 1. The number of hydrogen-bond donors (Lipinski definition) is 1. The number of amides is 1. The number of halogens is 1. The van der Waals surface area contributed by atoms with Gasteiger partial charge in [-0.3, -0.25) is 0 Å². The molecule has 0 unspecified atom stereocenters. The second-order valence-corrected chi connectivity index (χ2v) is 14.4. The van der Waals surface area contributed by atoms with Crippen LogP contribution < -0.4 is 10.6 Å². The highest BCUT2D eigenvalue weighted by Gasteiger charge is 2.37. The maximum absolute atomic E-state index is 14.4. The fourth-order valence-electron chi connectivity index (χ4n) is 6.06. The number of aryl methyl sites for hydroxylation is 1. The lowest BCUT2D eigenvalue weighted by molar-refractivity contribution is 0.0130. The Morgan fingerprint density at radius 2 is 1.64 bits per heavy atom. The number of phenolic OH excluding ortho intramolecular Hbond substituents is 1. The van der Waals surface area contributed by atoms with Crippen molar-refractivity contribution in [3.8, 4) is 22.7 Å². The van der Waals surface area contributed by atoms with Gasteiger partial charge in [-0.1, -0.05) is 45.4 Å². The molecule has 47 heavy (non-hydrogen) atoms. The number of ether oxygens (including phenoxy) is 1. The first kappa shape index (κ1) is 34.1. The van der Waals surface area contributed by atoms with Crippen molar-refractivity contribution in [2.24, 2.45) is 0 Å². The number of carbonyl (C=O) groups excluding carboxylic acids is 1. The van der Waals surface area contributed by atoms with E-state index in [1.165, 1.54) is 10.9 Å². The third-order valence-corrected chi connectivity index (χ3v) is 8.65. The van der Waals surface area contributed by atoms with Crippen LogP contribution in [-0.4, -0.2) is 71.4 Å². The van der Waals surface area contributed by atoms with Crippen molar-refractivity contribution in [3.05, 3.63) is 63.1 Å². The zero-order valence-electron chi connectivity index (χ0n) is 28.8. The number of benzene rings is 1. The van der Waals surface area contributed by atoms with Crippen LogP contribution >= 0.6 is 11.6 Å². The van der Waals surface area contributed by atoms with Crippen molar-refractivity contribution < 1.29 is 14.6 Å². The molecular formula is C35H44ClN7O4. The van der Waals surface area contributed by atoms with Crippen molar-refractivity contribution in [1.82, 2.24) is 29.4 Å². The van der Waals surface area contributed by atoms with Gasteiger partial charge in [-0.2, -0.15) is 4.98 Å². The summed E-state index contributed by atoms with van der Waals surface area (Å²) in [4.78, 5) is 50.2. The molecule has 1 aliphatic rings. The molecule has 1 aliphatic heterocycles. The average molecular weight is 662 g/mol. The van der Waals surface area contributed by atoms with Gasteiger partial charge >= 0.3 is 11.8 Å². The summed E-state index contributed by atoms with van der Waals surface area (Å²) in [6.45, 7) is 20.2. The van der Waals surface area contributed by atoms with Crippen LogP contribution in [-0.2, 0) is 4.74 Å². The molecule has 2 atom stereocenters. The van der Waals surface area contributed by atoms with E-state index in [0.717, 1.165) is 5.56 Å². The Kier molecular flexibility index (Phi) is 9.25. The number of piperazine rings is 1. The number of rotatable bonds is 5. The first-order valence-corrected chi connectivity index (χ1v) is 16.4. The predicted octanol–water partition coefficient (Wildman–Crippen LogP) is 6.99. The molecule has 0 aliphatic carbocycles. The molecule has 0 bridgehead atoms. The summed E-state index contributed by atoms with van der Waals surface area (Å²) in [6, 6.07) is 6.35. The van der Waals surface area contributed by atoms with E-state index in [2.05, 4.69) is 9.97 Å². The van der Waals surface area contributed by atoms with Crippen molar-refractivity contribution >= 4 is 34.5 Å². The summed E-state index contributed by atoms with van der Waals surface area (Å²) < 4.78 is 7.19. The van der Waals surface area contributed by atoms with Crippen molar-refractivity contribution in [3.63, 3.8) is 0 Å². The Hall–Kier alpha value is -4.25. The van der Waals surface area contributed by atoms with E-state index < -0.39 is 11.3 Å². The summed E-state index contributed by atoms with van der Waals surface area (Å²) in [5, 5.41) is 11.3. The number of hydrogen-bond acceptors (Lipinski definition) is 9. The van der Waals surface area contributed by atoms with Crippen LogP contribution in [0, 0.1) is 6.92 Å². The van der Waals surface area contributed by atoms with Gasteiger partial charge in [0, 0.05) is 30.7 Å². The molecule has 250 valence electrons. The molecule has 0 radical (unpaired) electrons. The topological polar surface area (TPSA) is 127 Å². The summed E-state index contributed by atoms with van der Waals surface area (Å²) in [7, 11) is 0. The Bertz CT molecular complexity index is 1870. The Morgan fingerprint density at radius 1 is 1.00 bits per heavy atom. The number of aromatic nitrogens is 5. The summed E-state index contributed by atoms with van der Waals surface area (Å²) in [6.07, 6.45) is 1.15. The van der Waals surface area contributed by atoms with Crippen LogP contribution in [0.2, 0.25) is 5.02 Å². The molecule has 1 saturated heterocycles. The number of aromatic hydroxyl groups is 1. The van der Waals surface area contributed by atoms with Crippen molar-refractivity contribution in [2.75, 3.05) is 18.0 Å². The lowest BCUT2D eigenvalue weighted by Gasteiger charge is -2.44. The maximum Gasteiger partial charge on any atom is 0.410 e. The molecular weight excluding hydrogens is 618 g/mol. The zero-order chi connectivity index (χ0) is 34.5. The first-order valence-electron chi connectivity index (χ1n) is 16.0. The van der Waals surface area contributed by atoms with E-state index in [1.54, 1.807) is 29.2 Å². The minimum Gasteiger partial charge on any atom is -0.508 e. The van der Waals surface area contributed by atoms with Gasteiger partial charge in [0.15, 0.2) is 5.65 Å². The van der Waals surface area contributed by atoms with Crippen LogP contribution in [0.25, 0.3) is 28.0 Å². The maximum atomic E-state index is 14.4. The second-order valence-electron chi connectivity index (χ2n) is 14.0. The van der Waals surface area contributed by atoms with Gasteiger partial charge in [0.2, 0.25) is 0 Å². The molecule has 1 amide bonds. The van der Waals surface area contributed by atoms with Gasteiger partial charge in [0.05, 0.1) is 33.2 Å². The molecule has 0 saturated carbocycles. The molecule has 4 heterocycles. The monoisotopic (exact) mass is 661 g/mol. The molecule has 3 aromatic heterocycles. The van der Waals surface area contributed by atoms with Gasteiger partial charge in [-0.25, -0.2) is 29.1 Å². The fraction of sp³-hybridized carbons (Fsp3) is 0.486. The largest absolute Gasteiger partial charge is 0.508 e. The SMILES string of the molecule is Cc1ccc(O)cc1-c1nc2c(cc1Cl)c(N1C[C@@H](C)N(C(=O)OC(C)(C)C)C[C@@H]1C)nc(=O)n2-c1c(C(C)C)ncnc1C(C)C. The fourth-order valence-corrected chi connectivity index (χ4v) is 6.31. The molecule has 1 fully saturated rings. The zero-order valence-corrected chi connectivity index (χ0v) is 29.5. The smallest absolute Gasteiger partial charge is 0.410 e. The highest BCUT2D eigenvalue weighted by atomic mass is 35.5. The lowest BCUT2D eigenvalue weighted by Crippen LogP contribution is -2.59. The summed E-state index contributed by atoms with van der Waals surface area (Å²) in [5.41, 5.74) is 3.04.